The molecular weight excluding hydrogens is 484 g/mol. The van der Waals surface area contributed by atoms with Crippen molar-refractivity contribution >= 4 is 21.6 Å². The minimum Gasteiger partial charge on any atom is -0.489 e. The number of aryl methyl sites for hydroxylation is 1. The topological polar surface area (TPSA) is 75.7 Å². The monoisotopic (exact) mass is 514 g/mol. The first-order valence-electron chi connectivity index (χ1n) is 12.0. The Labute approximate surface area is 218 Å². The molecule has 1 unspecified atom stereocenters. The Bertz CT molecular complexity index is 1410. The number of sulfonamides is 1. The number of amides is 1. The number of carbonyl (C=O) groups excluding carboxylic acids is 1. The molecule has 0 aromatic heterocycles. The van der Waals surface area contributed by atoms with Crippen molar-refractivity contribution in [3.63, 3.8) is 0 Å². The highest BCUT2D eigenvalue weighted by Crippen LogP contribution is 2.23. The zero-order valence-corrected chi connectivity index (χ0v) is 21.7. The molecule has 0 saturated heterocycles. The maximum atomic E-state index is 13.6. The van der Waals surface area contributed by atoms with Gasteiger partial charge in [-0.05, 0) is 61.4 Å². The van der Waals surface area contributed by atoms with Gasteiger partial charge in [-0.25, -0.2) is 8.42 Å². The lowest BCUT2D eigenvalue weighted by molar-refractivity contribution is -0.119. The molecular formula is C30H30N2O4S. The summed E-state index contributed by atoms with van der Waals surface area (Å²) in [6.07, 6.45) is 0. The number of rotatable bonds is 10. The van der Waals surface area contributed by atoms with Crippen molar-refractivity contribution in [2.45, 2.75) is 37.9 Å². The van der Waals surface area contributed by atoms with Gasteiger partial charge in [0.1, 0.15) is 18.4 Å². The minimum atomic E-state index is -3.93. The summed E-state index contributed by atoms with van der Waals surface area (Å²) in [6, 6.07) is 31.7. The van der Waals surface area contributed by atoms with Crippen molar-refractivity contribution in [2.75, 3.05) is 5.32 Å². The molecule has 37 heavy (non-hydrogen) atoms. The van der Waals surface area contributed by atoms with E-state index in [9.17, 15) is 13.2 Å². The molecule has 4 rings (SSSR count). The van der Waals surface area contributed by atoms with Crippen molar-refractivity contribution in [3.8, 4) is 5.75 Å². The Morgan fingerprint density at radius 1 is 0.811 bits per heavy atom. The van der Waals surface area contributed by atoms with Crippen LogP contribution in [0.1, 0.15) is 23.6 Å². The molecule has 0 fully saturated rings. The Balaban J connectivity index is 1.49. The van der Waals surface area contributed by atoms with Crippen LogP contribution in [0.2, 0.25) is 0 Å². The lowest BCUT2D eigenvalue weighted by Crippen LogP contribution is -2.45. The number of hydrogen-bond acceptors (Lipinski definition) is 4. The number of nitrogens with zero attached hydrogens (tertiary/aromatic N) is 1. The zero-order chi connectivity index (χ0) is 26.3. The quantitative estimate of drug-likeness (QED) is 0.291. The molecule has 0 aliphatic carbocycles. The predicted octanol–water partition coefficient (Wildman–Crippen LogP) is 5.79. The smallest absolute Gasteiger partial charge is 0.244 e. The molecule has 0 aliphatic heterocycles. The maximum absolute atomic E-state index is 13.6. The van der Waals surface area contributed by atoms with E-state index in [1.54, 1.807) is 49.4 Å². The Hall–Kier alpha value is -3.94. The molecule has 4 aromatic rings. The Kier molecular flexibility index (Phi) is 8.38. The van der Waals surface area contributed by atoms with Gasteiger partial charge in [0.05, 0.1) is 4.90 Å². The fraction of sp³-hybridized carbons (Fsp3) is 0.167. The molecule has 190 valence electrons. The average molecular weight is 515 g/mol. The van der Waals surface area contributed by atoms with E-state index < -0.39 is 22.0 Å². The molecule has 1 amide bonds. The van der Waals surface area contributed by atoms with Crippen LogP contribution in [0.3, 0.4) is 0 Å². The van der Waals surface area contributed by atoms with Gasteiger partial charge in [-0.2, -0.15) is 4.31 Å². The second-order valence-corrected chi connectivity index (χ2v) is 10.7. The number of anilines is 1. The van der Waals surface area contributed by atoms with Gasteiger partial charge in [0, 0.05) is 12.2 Å². The highest BCUT2D eigenvalue weighted by Gasteiger charge is 2.33. The summed E-state index contributed by atoms with van der Waals surface area (Å²) in [5.74, 6) is 0.243. The van der Waals surface area contributed by atoms with Crippen LogP contribution in [0.5, 0.6) is 5.75 Å². The summed E-state index contributed by atoms with van der Waals surface area (Å²) in [5.41, 5.74) is 3.48. The molecule has 0 heterocycles. The zero-order valence-electron chi connectivity index (χ0n) is 20.9. The second-order valence-electron chi connectivity index (χ2n) is 8.81. The summed E-state index contributed by atoms with van der Waals surface area (Å²) in [6.45, 7) is 4.07. The first-order chi connectivity index (χ1) is 17.8. The van der Waals surface area contributed by atoms with Gasteiger partial charge >= 0.3 is 0 Å². The average Bonchev–Trinajstić information content (AvgIpc) is 2.93. The van der Waals surface area contributed by atoms with Crippen LogP contribution >= 0.6 is 0 Å². The predicted molar refractivity (Wildman–Crippen MR) is 146 cm³/mol. The van der Waals surface area contributed by atoms with E-state index >= 15 is 0 Å². The van der Waals surface area contributed by atoms with Crippen LogP contribution in [0, 0.1) is 6.92 Å². The fourth-order valence-corrected chi connectivity index (χ4v) is 5.39. The summed E-state index contributed by atoms with van der Waals surface area (Å²) in [4.78, 5) is 13.4. The van der Waals surface area contributed by atoms with Crippen molar-refractivity contribution in [3.05, 3.63) is 126 Å². The molecule has 7 heteroatoms. The van der Waals surface area contributed by atoms with E-state index in [1.807, 2.05) is 61.5 Å². The van der Waals surface area contributed by atoms with Crippen LogP contribution in [0.15, 0.2) is 114 Å². The SMILES string of the molecule is Cc1ccc(CN(C(C)C(=O)Nc2ccc(OCc3ccccc3)cc2)S(=O)(=O)c2ccccc2)cc1. The van der Waals surface area contributed by atoms with Crippen molar-refractivity contribution in [1.29, 1.82) is 0 Å². The number of nitrogens with one attached hydrogen (secondary N) is 1. The van der Waals surface area contributed by atoms with E-state index in [0.717, 1.165) is 16.7 Å². The molecule has 0 spiro atoms. The molecule has 6 nitrogen and oxygen atoms in total. The standard InChI is InChI=1S/C30H30N2O4S/c1-23-13-15-25(16-14-23)21-32(37(34,35)29-11-7-4-8-12-29)24(2)30(33)31-27-17-19-28(20-18-27)36-22-26-9-5-3-6-10-26/h3-20,24H,21-22H2,1-2H3,(H,31,33). The lowest BCUT2D eigenvalue weighted by Gasteiger charge is -2.28. The summed E-state index contributed by atoms with van der Waals surface area (Å²) in [5, 5.41) is 2.84. The summed E-state index contributed by atoms with van der Waals surface area (Å²) < 4.78 is 34.2. The van der Waals surface area contributed by atoms with E-state index in [2.05, 4.69) is 5.32 Å². The Morgan fingerprint density at radius 3 is 2.03 bits per heavy atom. The fourth-order valence-electron chi connectivity index (χ4n) is 3.78. The third-order valence-corrected chi connectivity index (χ3v) is 7.92. The van der Waals surface area contributed by atoms with Crippen LogP contribution in [0.4, 0.5) is 5.69 Å². The largest absolute Gasteiger partial charge is 0.489 e. The number of benzene rings is 4. The van der Waals surface area contributed by atoms with Crippen LogP contribution in [-0.4, -0.2) is 24.7 Å². The molecule has 1 N–H and O–H groups in total. The summed E-state index contributed by atoms with van der Waals surface area (Å²) >= 11 is 0. The van der Waals surface area contributed by atoms with Gasteiger partial charge in [-0.3, -0.25) is 4.79 Å². The van der Waals surface area contributed by atoms with Gasteiger partial charge in [0.15, 0.2) is 0 Å². The van der Waals surface area contributed by atoms with Crippen molar-refractivity contribution in [2.24, 2.45) is 0 Å². The van der Waals surface area contributed by atoms with Crippen molar-refractivity contribution in [1.82, 2.24) is 4.31 Å². The number of ether oxygens (including phenoxy) is 1. The first-order valence-corrected chi connectivity index (χ1v) is 13.5. The van der Waals surface area contributed by atoms with E-state index in [4.69, 9.17) is 4.74 Å². The molecule has 0 bridgehead atoms. The minimum absolute atomic E-state index is 0.0678. The van der Waals surface area contributed by atoms with E-state index in [-0.39, 0.29) is 11.4 Å². The third kappa shape index (κ3) is 6.84. The number of hydrogen-bond donors (Lipinski definition) is 1. The normalized spacial score (nSPS) is 12.2. The lowest BCUT2D eigenvalue weighted by atomic mass is 10.1. The van der Waals surface area contributed by atoms with Gasteiger partial charge in [-0.15, -0.1) is 0 Å². The van der Waals surface area contributed by atoms with Gasteiger partial charge in [-0.1, -0.05) is 78.4 Å². The Morgan fingerprint density at radius 2 is 1.41 bits per heavy atom. The number of carbonyl (C=O) groups is 1. The molecule has 0 aliphatic rings. The van der Waals surface area contributed by atoms with Crippen molar-refractivity contribution < 1.29 is 17.9 Å². The molecule has 4 aromatic carbocycles. The molecule has 1 atom stereocenters. The van der Waals surface area contributed by atoms with Crippen LogP contribution < -0.4 is 10.1 Å². The maximum Gasteiger partial charge on any atom is 0.244 e. The second kappa shape index (κ2) is 11.9. The summed E-state index contributed by atoms with van der Waals surface area (Å²) in [7, 11) is -3.93. The van der Waals surface area contributed by atoms with Crippen LogP contribution in [0.25, 0.3) is 0 Å². The van der Waals surface area contributed by atoms with Gasteiger partial charge in [0.25, 0.3) is 0 Å². The molecule has 0 radical (unpaired) electrons. The highest BCUT2D eigenvalue weighted by atomic mass is 32.2. The van der Waals surface area contributed by atoms with Gasteiger partial charge < -0.3 is 10.1 Å². The van der Waals surface area contributed by atoms with Crippen LogP contribution in [-0.2, 0) is 28.0 Å². The van der Waals surface area contributed by atoms with E-state index in [1.165, 1.54) is 16.4 Å². The molecule has 0 saturated carbocycles. The van der Waals surface area contributed by atoms with E-state index in [0.29, 0.717) is 18.0 Å². The highest BCUT2D eigenvalue weighted by molar-refractivity contribution is 7.89. The van der Waals surface area contributed by atoms with Gasteiger partial charge in [0.2, 0.25) is 15.9 Å². The third-order valence-electron chi connectivity index (χ3n) is 5.99. The first kappa shape index (κ1) is 26.1.